The molecule has 29 heavy (non-hydrogen) atoms. The molecule has 1 aromatic carbocycles. The number of para-hydroxylation sites is 1. The predicted octanol–water partition coefficient (Wildman–Crippen LogP) is 1.54. The lowest BCUT2D eigenvalue weighted by Gasteiger charge is -2.36. The van der Waals surface area contributed by atoms with Gasteiger partial charge >= 0.3 is 0 Å². The smallest absolute Gasteiger partial charge is 0.248 e. The van der Waals surface area contributed by atoms with Gasteiger partial charge in [0, 0.05) is 32.7 Å². The lowest BCUT2D eigenvalue weighted by Crippen LogP contribution is -2.53. The summed E-state index contributed by atoms with van der Waals surface area (Å²) in [6.45, 7) is 5.05. The fourth-order valence-corrected chi connectivity index (χ4v) is 5.85. The number of benzene rings is 1. The number of anilines is 1. The van der Waals surface area contributed by atoms with Gasteiger partial charge < -0.3 is 9.42 Å². The Hall–Kier alpha value is -2.30. The lowest BCUT2D eigenvalue weighted by atomic mass is 10.2. The molecule has 2 aromatic rings. The van der Waals surface area contributed by atoms with Crippen molar-refractivity contribution in [1.29, 1.82) is 0 Å². The number of aryl methyl sites for hydroxylation is 2. The van der Waals surface area contributed by atoms with Gasteiger partial charge in [-0.25, -0.2) is 12.8 Å². The van der Waals surface area contributed by atoms with Gasteiger partial charge in [0.25, 0.3) is 0 Å². The van der Waals surface area contributed by atoms with E-state index in [0.717, 1.165) is 0 Å². The first-order valence-corrected chi connectivity index (χ1v) is 11.0. The van der Waals surface area contributed by atoms with E-state index in [9.17, 15) is 17.6 Å². The Labute approximate surface area is 168 Å². The van der Waals surface area contributed by atoms with E-state index < -0.39 is 15.8 Å². The average Bonchev–Trinajstić information content (AvgIpc) is 3.24. The van der Waals surface area contributed by atoms with E-state index in [1.54, 1.807) is 32.0 Å². The summed E-state index contributed by atoms with van der Waals surface area (Å²) in [5.41, 5.74) is 0.635. The Morgan fingerprint density at radius 1 is 1.10 bits per heavy atom. The zero-order chi connectivity index (χ0) is 20.8. The van der Waals surface area contributed by atoms with Crippen LogP contribution in [0.2, 0.25) is 0 Å². The molecule has 0 aliphatic carbocycles. The van der Waals surface area contributed by atoms with Crippen LogP contribution in [0.4, 0.5) is 10.1 Å². The van der Waals surface area contributed by atoms with Crippen molar-refractivity contribution in [1.82, 2.24) is 14.4 Å². The number of nitrogens with zero attached hydrogens (tertiary/aromatic N) is 4. The average molecular weight is 422 g/mol. The van der Waals surface area contributed by atoms with Crippen LogP contribution in [0.15, 0.2) is 33.7 Å². The van der Waals surface area contributed by atoms with E-state index in [2.05, 4.69) is 5.16 Å². The van der Waals surface area contributed by atoms with Crippen molar-refractivity contribution in [2.24, 2.45) is 0 Å². The van der Waals surface area contributed by atoms with Crippen molar-refractivity contribution < 1.29 is 22.1 Å². The third-order valence-electron chi connectivity index (χ3n) is 5.60. The first-order valence-electron chi connectivity index (χ1n) is 9.53. The van der Waals surface area contributed by atoms with Gasteiger partial charge in [0.05, 0.1) is 11.7 Å². The molecule has 10 heteroatoms. The van der Waals surface area contributed by atoms with Crippen molar-refractivity contribution in [3.63, 3.8) is 0 Å². The molecule has 0 N–H and O–H groups in total. The fraction of sp³-hybridized carbons (Fsp3) is 0.474. The lowest BCUT2D eigenvalue weighted by molar-refractivity contribution is -0.122. The van der Waals surface area contributed by atoms with Crippen LogP contribution in [0, 0.1) is 19.7 Å². The van der Waals surface area contributed by atoms with Gasteiger partial charge in [-0.3, -0.25) is 9.69 Å². The molecule has 1 amide bonds. The van der Waals surface area contributed by atoms with Gasteiger partial charge in [0.1, 0.15) is 16.4 Å². The molecule has 0 spiro atoms. The third kappa shape index (κ3) is 3.45. The highest BCUT2D eigenvalue weighted by atomic mass is 32.2. The van der Waals surface area contributed by atoms with Gasteiger partial charge in [0.15, 0.2) is 5.76 Å². The summed E-state index contributed by atoms with van der Waals surface area (Å²) in [5, 5.41) is 3.74. The van der Waals surface area contributed by atoms with Gasteiger partial charge in [-0.1, -0.05) is 17.3 Å². The number of carbonyl (C=O) groups excluding carboxylic acids is 1. The zero-order valence-electron chi connectivity index (χ0n) is 16.3. The van der Waals surface area contributed by atoms with Crippen LogP contribution in [0.3, 0.4) is 0 Å². The second kappa shape index (κ2) is 7.51. The van der Waals surface area contributed by atoms with Gasteiger partial charge in [0.2, 0.25) is 15.9 Å². The summed E-state index contributed by atoms with van der Waals surface area (Å²) in [7, 11) is -3.69. The summed E-state index contributed by atoms with van der Waals surface area (Å²) in [6.07, 6.45) is 0.587. The number of carbonyl (C=O) groups is 1. The molecule has 0 bridgehead atoms. The monoisotopic (exact) mass is 422 g/mol. The first kappa shape index (κ1) is 20.0. The highest BCUT2D eigenvalue weighted by molar-refractivity contribution is 7.89. The summed E-state index contributed by atoms with van der Waals surface area (Å²) < 4.78 is 46.4. The molecular weight excluding hydrogens is 399 g/mol. The summed E-state index contributed by atoms with van der Waals surface area (Å²) in [6, 6.07) is 5.88. The number of sulfonamides is 1. The quantitative estimate of drug-likeness (QED) is 0.743. The molecular formula is C19H23FN4O4S. The first-order chi connectivity index (χ1) is 13.8. The standard InChI is InChI=1S/C19H23FN4O4S/c1-13-18(14(2)28-21-13)29(26,27)23-11-9-22(10-12-23)17-7-8-24(19(17)25)16-6-4-3-5-15(16)20/h3-6,17H,7-12H2,1-2H3. The van der Waals surface area contributed by atoms with Gasteiger partial charge in [-0.05, 0) is 32.4 Å². The summed E-state index contributed by atoms with van der Waals surface area (Å²) in [4.78, 5) is 16.5. The Balaban J connectivity index is 1.44. The van der Waals surface area contributed by atoms with E-state index in [-0.39, 0.29) is 35.7 Å². The Bertz CT molecular complexity index is 1010. The van der Waals surface area contributed by atoms with Crippen LogP contribution < -0.4 is 4.90 Å². The second-order valence-corrected chi connectivity index (χ2v) is 9.21. The minimum absolute atomic E-state index is 0.119. The number of piperazine rings is 1. The molecule has 1 atom stereocenters. The topological polar surface area (TPSA) is 87.0 Å². The number of hydrogen-bond acceptors (Lipinski definition) is 6. The van der Waals surface area contributed by atoms with Crippen molar-refractivity contribution in [2.45, 2.75) is 31.2 Å². The molecule has 156 valence electrons. The number of amides is 1. The molecule has 4 rings (SSSR count). The highest BCUT2D eigenvalue weighted by Gasteiger charge is 2.40. The third-order valence-corrected chi connectivity index (χ3v) is 7.74. The van der Waals surface area contributed by atoms with Crippen molar-refractivity contribution >= 4 is 21.6 Å². The number of rotatable bonds is 4. The Morgan fingerprint density at radius 3 is 2.41 bits per heavy atom. The SMILES string of the molecule is Cc1noc(C)c1S(=O)(=O)N1CCN(C2CCN(c3ccccc3F)C2=O)CC1. The van der Waals surface area contributed by atoms with E-state index in [4.69, 9.17) is 4.52 Å². The second-order valence-electron chi connectivity index (χ2n) is 7.34. The van der Waals surface area contributed by atoms with Gasteiger partial charge in [-0.15, -0.1) is 0 Å². The maximum absolute atomic E-state index is 14.1. The number of halogens is 1. The highest BCUT2D eigenvalue weighted by Crippen LogP contribution is 2.29. The van der Waals surface area contributed by atoms with Crippen LogP contribution >= 0.6 is 0 Å². The summed E-state index contributed by atoms with van der Waals surface area (Å²) >= 11 is 0. The van der Waals surface area contributed by atoms with Gasteiger partial charge in [-0.2, -0.15) is 4.31 Å². The van der Waals surface area contributed by atoms with Crippen molar-refractivity contribution in [2.75, 3.05) is 37.6 Å². The molecule has 0 radical (unpaired) electrons. The van der Waals surface area contributed by atoms with Crippen molar-refractivity contribution in [3.8, 4) is 0 Å². The molecule has 3 heterocycles. The van der Waals surface area contributed by atoms with E-state index >= 15 is 0 Å². The molecule has 8 nitrogen and oxygen atoms in total. The van der Waals surface area contributed by atoms with E-state index in [0.29, 0.717) is 37.4 Å². The molecule has 2 fully saturated rings. The van der Waals surface area contributed by atoms with Crippen LogP contribution in [-0.4, -0.2) is 67.5 Å². The van der Waals surface area contributed by atoms with Crippen LogP contribution in [0.25, 0.3) is 0 Å². The molecule has 2 aliphatic heterocycles. The molecule has 0 saturated carbocycles. The predicted molar refractivity (Wildman–Crippen MR) is 103 cm³/mol. The minimum Gasteiger partial charge on any atom is -0.360 e. The van der Waals surface area contributed by atoms with Crippen LogP contribution in [0.1, 0.15) is 17.9 Å². The largest absolute Gasteiger partial charge is 0.360 e. The Morgan fingerprint density at radius 2 is 1.79 bits per heavy atom. The molecule has 1 unspecified atom stereocenters. The maximum atomic E-state index is 14.1. The number of aromatic nitrogens is 1. The Kier molecular flexibility index (Phi) is 5.18. The molecule has 2 aliphatic rings. The maximum Gasteiger partial charge on any atom is 0.248 e. The van der Waals surface area contributed by atoms with E-state index in [1.165, 1.54) is 15.3 Å². The van der Waals surface area contributed by atoms with E-state index in [1.807, 2.05) is 4.90 Å². The number of hydrogen-bond donors (Lipinski definition) is 0. The summed E-state index contributed by atoms with van der Waals surface area (Å²) in [5.74, 6) is -0.287. The zero-order valence-corrected chi connectivity index (χ0v) is 17.2. The normalized spacial score (nSPS) is 21.8. The van der Waals surface area contributed by atoms with Crippen LogP contribution in [0.5, 0.6) is 0 Å². The minimum atomic E-state index is -3.69. The molecule has 2 saturated heterocycles. The fourth-order valence-electron chi connectivity index (χ4n) is 4.14. The van der Waals surface area contributed by atoms with Crippen LogP contribution in [-0.2, 0) is 14.8 Å². The van der Waals surface area contributed by atoms with Crippen molar-refractivity contribution in [3.05, 3.63) is 41.5 Å². The molecule has 1 aromatic heterocycles.